The van der Waals surface area contributed by atoms with Gasteiger partial charge in [-0.05, 0) is 19.4 Å². The average Bonchev–Trinajstić information content (AvgIpc) is 2.63. The molecule has 0 saturated heterocycles. The molecule has 0 fully saturated rings. The second-order valence-corrected chi connectivity index (χ2v) is 4.10. The number of aryl methyl sites for hydroxylation is 1. The van der Waals surface area contributed by atoms with Crippen LogP contribution >= 0.6 is 0 Å². The van der Waals surface area contributed by atoms with Gasteiger partial charge in [-0.2, -0.15) is 5.10 Å². The molecule has 2 rings (SSSR count). The van der Waals surface area contributed by atoms with Crippen molar-refractivity contribution in [2.24, 2.45) is 5.73 Å². The van der Waals surface area contributed by atoms with Crippen LogP contribution in [0.5, 0.6) is 0 Å². The lowest BCUT2D eigenvalue weighted by molar-refractivity contribution is 0.663. The first-order valence-corrected chi connectivity index (χ1v) is 5.47. The number of nitrogens with zero attached hydrogens (tertiary/aromatic N) is 2. The smallest absolute Gasteiger partial charge is 0.0662 e. The quantitative estimate of drug-likeness (QED) is 0.851. The standard InChI is InChI=1S/C13H17N3/c1-10-3-5-12(6-4-10)9-16-11(2)13(7-14)8-15-16/h3-6,8H,7,9,14H2,1-2H3. The SMILES string of the molecule is Cc1ccc(Cn2ncc(CN)c2C)cc1. The maximum absolute atomic E-state index is 5.62. The average molecular weight is 215 g/mol. The Balaban J connectivity index is 2.20. The summed E-state index contributed by atoms with van der Waals surface area (Å²) in [5, 5.41) is 4.34. The second kappa shape index (κ2) is 4.49. The van der Waals surface area contributed by atoms with Crippen LogP contribution in [0.1, 0.15) is 22.4 Å². The van der Waals surface area contributed by atoms with E-state index in [4.69, 9.17) is 5.73 Å². The lowest BCUT2D eigenvalue weighted by Gasteiger charge is -2.05. The van der Waals surface area contributed by atoms with Crippen LogP contribution in [0.3, 0.4) is 0 Å². The Morgan fingerprint density at radius 1 is 1.19 bits per heavy atom. The zero-order chi connectivity index (χ0) is 11.5. The van der Waals surface area contributed by atoms with Gasteiger partial charge in [-0.15, -0.1) is 0 Å². The van der Waals surface area contributed by atoms with Crippen LogP contribution in [0, 0.1) is 13.8 Å². The van der Waals surface area contributed by atoms with Crippen molar-refractivity contribution in [2.75, 3.05) is 0 Å². The molecule has 2 N–H and O–H groups in total. The summed E-state index contributed by atoms with van der Waals surface area (Å²) in [4.78, 5) is 0. The van der Waals surface area contributed by atoms with Gasteiger partial charge in [0, 0.05) is 17.8 Å². The van der Waals surface area contributed by atoms with E-state index in [1.54, 1.807) is 0 Å². The minimum atomic E-state index is 0.555. The summed E-state index contributed by atoms with van der Waals surface area (Å²) in [6, 6.07) is 8.52. The van der Waals surface area contributed by atoms with Gasteiger partial charge in [-0.25, -0.2) is 0 Å². The molecule has 1 aromatic heterocycles. The van der Waals surface area contributed by atoms with E-state index in [2.05, 4.69) is 43.2 Å². The Morgan fingerprint density at radius 3 is 2.44 bits per heavy atom. The molecule has 3 nitrogen and oxygen atoms in total. The van der Waals surface area contributed by atoms with E-state index in [-0.39, 0.29) is 0 Å². The maximum atomic E-state index is 5.62. The first kappa shape index (κ1) is 10.9. The number of rotatable bonds is 3. The largest absolute Gasteiger partial charge is 0.326 e. The molecular weight excluding hydrogens is 198 g/mol. The molecule has 1 aromatic carbocycles. The van der Waals surface area contributed by atoms with Crippen LogP contribution in [0.15, 0.2) is 30.5 Å². The van der Waals surface area contributed by atoms with Crippen molar-refractivity contribution in [3.8, 4) is 0 Å². The first-order chi connectivity index (χ1) is 7.70. The van der Waals surface area contributed by atoms with Crippen molar-refractivity contribution in [1.82, 2.24) is 9.78 Å². The van der Waals surface area contributed by atoms with Crippen molar-refractivity contribution in [3.05, 3.63) is 52.8 Å². The van der Waals surface area contributed by atoms with E-state index in [1.165, 1.54) is 11.1 Å². The Hall–Kier alpha value is -1.61. The fourth-order valence-corrected chi connectivity index (χ4v) is 1.71. The fraction of sp³-hybridized carbons (Fsp3) is 0.308. The first-order valence-electron chi connectivity index (χ1n) is 5.47. The van der Waals surface area contributed by atoms with Crippen LogP contribution in [0.4, 0.5) is 0 Å². The number of hydrogen-bond donors (Lipinski definition) is 1. The molecule has 16 heavy (non-hydrogen) atoms. The van der Waals surface area contributed by atoms with Gasteiger partial charge in [0.25, 0.3) is 0 Å². The summed E-state index contributed by atoms with van der Waals surface area (Å²) in [5.74, 6) is 0. The van der Waals surface area contributed by atoms with Gasteiger partial charge < -0.3 is 5.73 Å². The molecule has 0 aliphatic carbocycles. The van der Waals surface area contributed by atoms with Crippen molar-refractivity contribution in [1.29, 1.82) is 0 Å². The van der Waals surface area contributed by atoms with Crippen molar-refractivity contribution in [2.45, 2.75) is 26.9 Å². The van der Waals surface area contributed by atoms with Crippen molar-refractivity contribution >= 4 is 0 Å². The molecule has 0 amide bonds. The molecule has 3 heteroatoms. The maximum Gasteiger partial charge on any atom is 0.0662 e. The molecule has 0 radical (unpaired) electrons. The molecule has 2 aromatic rings. The third kappa shape index (κ3) is 2.14. The molecule has 0 bridgehead atoms. The Labute approximate surface area is 95.9 Å². The molecule has 0 aliphatic heterocycles. The molecule has 0 atom stereocenters. The van der Waals surface area contributed by atoms with Gasteiger partial charge in [0.1, 0.15) is 0 Å². The van der Waals surface area contributed by atoms with Crippen LogP contribution in [-0.4, -0.2) is 9.78 Å². The zero-order valence-electron chi connectivity index (χ0n) is 9.77. The predicted octanol–water partition coefficient (Wildman–Crippen LogP) is 2.01. The summed E-state index contributed by atoms with van der Waals surface area (Å²) in [5.41, 5.74) is 10.4. The highest BCUT2D eigenvalue weighted by molar-refractivity contribution is 5.23. The highest BCUT2D eigenvalue weighted by Gasteiger charge is 2.04. The zero-order valence-corrected chi connectivity index (χ0v) is 9.77. The van der Waals surface area contributed by atoms with Gasteiger partial charge in [0.15, 0.2) is 0 Å². The molecular formula is C13H17N3. The predicted molar refractivity (Wildman–Crippen MR) is 65.1 cm³/mol. The van der Waals surface area contributed by atoms with E-state index in [0.717, 1.165) is 17.8 Å². The summed E-state index contributed by atoms with van der Waals surface area (Å²) >= 11 is 0. The molecule has 0 saturated carbocycles. The number of nitrogens with two attached hydrogens (primary N) is 1. The number of hydrogen-bond acceptors (Lipinski definition) is 2. The normalized spacial score (nSPS) is 10.7. The minimum Gasteiger partial charge on any atom is -0.326 e. The highest BCUT2D eigenvalue weighted by Crippen LogP contribution is 2.10. The van der Waals surface area contributed by atoms with Crippen LogP contribution in [-0.2, 0) is 13.1 Å². The monoisotopic (exact) mass is 215 g/mol. The van der Waals surface area contributed by atoms with E-state index in [9.17, 15) is 0 Å². The third-order valence-electron chi connectivity index (χ3n) is 2.88. The second-order valence-electron chi connectivity index (χ2n) is 4.10. The van der Waals surface area contributed by atoms with Crippen LogP contribution in [0.2, 0.25) is 0 Å². The fourth-order valence-electron chi connectivity index (χ4n) is 1.71. The molecule has 84 valence electrons. The molecule has 0 unspecified atom stereocenters. The van der Waals surface area contributed by atoms with E-state index in [1.807, 2.05) is 10.9 Å². The Kier molecular flexibility index (Phi) is 3.06. The van der Waals surface area contributed by atoms with Crippen molar-refractivity contribution in [3.63, 3.8) is 0 Å². The molecule has 0 aliphatic rings. The van der Waals surface area contributed by atoms with E-state index >= 15 is 0 Å². The van der Waals surface area contributed by atoms with E-state index in [0.29, 0.717) is 6.54 Å². The van der Waals surface area contributed by atoms with Gasteiger partial charge in [-0.3, -0.25) is 4.68 Å². The van der Waals surface area contributed by atoms with Crippen LogP contribution < -0.4 is 5.73 Å². The van der Waals surface area contributed by atoms with E-state index < -0.39 is 0 Å². The topological polar surface area (TPSA) is 43.8 Å². The summed E-state index contributed by atoms with van der Waals surface area (Å²) in [7, 11) is 0. The van der Waals surface area contributed by atoms with Crippen molar-refractivity contribution < 1.29 is 0 Å². The Bertz CT molecular complexity index is 468. The molecule has 0 spiro atoms. The Morgan fingerprint density at radius 2 is 1.88 bits per heavy atom. The minimum absolute atomic E-state index is 0.555. The summed E-state index contributed by atoms with van der Waals surface area (Å²) in [6.45, 7) is 5.52. The van der Waals surface area contributed by atoms with Crippen LogP contribution in [0.25, 0.3) is 0 Å². The lowest BCUT2D eigenvalue weighted by atomic mass is 10.1. The van der Waals surface area contributed by atoms with Gasteiger partial charge in [0.2, 0.25) is 0 Å². The lowest BCUT2D eigenvalue weighted by Crippen LogP contribution is -2.05. The van der Waals surface area contributed by atoms with Gasteiger partial charge in [-0.1, -0.05) is 29.8 Å². The summed E-state index contributed by atoms with van der Waals surface area (Å²) < 4.78 is 1.99. The van der Waals surface area contributed by atoms with Gasteiger partial charge >= 0.3 is 0 Å². The summed E-state index contributed by atoms with van der Waals surface area (Å²) in [6.07, 6.45) is 1.85. The molecule has 1 heterocycles. The number of benzene rings is 1. The number of aromatic nitrogens is 2. The highest BCUT2D eigenvalue weighted by atomic mass is 15.3. The third-order valence-corrected chi connectivity index (χ3v) is 2.88. The van der Waals surface area contributed by atoms with Gasteiger partial charge in [0.05, 0.1) is 12.7 Å².